The first-order valence-electron chi connectivity index (χ1n) is 7.16. The van der Waals surface area contributed by atoms with Gasteiger partial charge < -0.3 is 20.4 Å². The van der Waals surface area contributed by atoms with Crippen LogP contribution in [-0.2, 0) is 20.8 Å². The van der Waals surface area contributed by atoms with Crippen LogP contribution in [0.5, 0.6) is 5.75 Å². The van der Waals surface area contributed by atoms with Crippen LogP contribution < -0.4 is 15.5 Å². The molecule has 1 aromatic rings. The number of nitro groups is 1. The molecule has 1 aromatic carbocycles. The first-order chi connectivity index (χ1) is 11.3. The number of methoxy groups -OCH3 is 1. The molecule has 3 N–H and O–H groups in total. The van der Waals surface area contributed by atoms with Gasteiger partial charge in [-0.3, -0.25) is 14.9 Å². The minimum Gasteiger partial charge on any atom is -0.496 e. The number of nitro benzene ring substituents is 1. The Bertz CT molecular complexity index is 677. The second kappa shape index (κ2) is 7.13. The number of carbonyl (C=O) groups excluding carboxylic acids is 1. The highest BCUT2D eigenvalue weighted by Crippen LogP contribution is 2.42. The summed E-state index contributed by atoms with van der Waals surface area (Å²) in [5.74, 6) is -1.46. The Morgan fingerprint density at radius 3 is 2.79 bits per heavy atom. The van der Waals surface area contributed by atoms with E-state index in [-0.39, 0.29) is 30.8 Å². The number of benzene rings is 1. The molecule has 0 aromatic heterocycles. The summed E-state index contributed by atoms with van der Waals surface area (Å²) in [4.78, 5) is 38.3. The van der Waals surface area contributed by atoms with E-state index in [4.69, 9.17) is 20.4 Å². The highest BCUT2D eigenvalue weighted by atomic mass is 16.7. The third kappa shape index (κ3) is 3.54. The van der Waals surface area contributed by atoms with Crippen molar-refractivity contribution in [3.63, 3.8) is 0 Å². The van der Waals surface area contributed by atoms with E-state index in [1.54, 1.807) is 0 Å². The molecular weight excluding hydrogens is 322 g/mol. The zero-order valence-electron chi connectivity index (χ0n) is 12.9. The molecule has 1 heterocycles. The zero-order chi connectivity index (χ0) is 17.9. The minimum absolute atomic E-state index is 0.0882. The largest absolute Gasteiger partial charge is 0.496 e. The molecule has 0 fully saturated rings. The van der Waals surface area contributed by atoms with E-state index >= 15 is 0 Å². The number of hydroxylamine groups is 1. The Kier molecular flexibility index (Phi) is 5.19. The van der Waals surface area contributed by atoms with Crippen LogP contribution in [0.1, 0.15) is 18.4 Å². The Morgan fingerprint density at radius 2 is 2.21 bits per heavy atom. The molecule has 0 spiro atoms. The lowest BCUT2D eigenvalue weighted by Crippen LogP contribution is -2.38. The highest BCUT2D eigenvalue weighted by molar-refractivity contribution is 5.80. The molecule has 0 saturated carbocycles. The number of rotatable bonds is 7. The fourth-order valence-corrected chi connectivity index (χ4v) is 2.45. The number of nitrogens with zero attached hydrogens (tertiary/aromatic N) is 2. The first kappa shape index (κ1) is 17.5. The number of fused-ring (bicyclic) bond motifs is 1. The molecule has 1 atom stereocenters. The van der Waals surface area contributed by atoms with E-state index in [2.05, 4.69) is 0 Å². The lowest BCUT2D eigenvalue weighted by molar-refractivity contribution is -0.384. The number of nitrogens with two attached hydrogens (primary N) is 1. The molecule has 0 unspecified atom stereocenters. The molecule has 0 radical (unpaired) electrons. The van der Waals surface area contributed by atoms with Crippen LogP contribution in [0.25, 0.3) is 0 Å². The average molecular weight is 339 g/mol. The van der Waals surface area contributed by atoms with Gasteiger partial charge in [0.15, 0.2) is 5.69 Å². The SMILES string of the molecule is COc1ccc([N+](=O)[O-])c2c1CCN2OC(=O)[C@@H](N)CCC(=O)O. The molecule has 2 rings (SSSR count). The van der Waals surface area contributed by atoms with Crippen molar-refractivity contribution in [3.8, 4) is 5.75 Å². The van der Waals surface area contributed by atoms with Gasteiger partial charge in [0.2, 0.25) is 0 Å². The standard InChI is InChI=1S/C14H17N3O7/c1-23-11-4-3-10(17(21)22)13-8(11)6-7-16(13)24-14(20)9(15)2-5-12(18)19/h3-4,9H,2,5-7,15H2,1H3,(H,18,19)/t9-/m0/s1. The number of ether oxygens (including phenoxy) is 1. The van der Waals surface area contributed by atoms with Gasteiger partial charge in [-0.25, -0.2) is 4.79 Å². The number of carboxylic acids is 1. The van der Waals surface area contributed by atoms with Crippen LogP contribution in [0.2, 0.25) is 0 Å². The van der Waals surface area contributed by atoms with Crippen LogP contribution in [0.4, 0.5) is 11.4 Å². The van der Waals surface area contributed by atoms with Crippen LogP contribution in [0.3, 0.4) is 0 Å². The van der Waals surface area contributed by atoms with Gasteiger partial charge in [0.1, 0.15) is 11.8 Å². The lowest BCUT2D eigenvalue weighted by atomic mass is 10.1. The van der Waals surface area contributed by atoms with E-state index < -0.39 is 22.9 Å². The smallest absolute Gasteiger partial charge is 0.348 e. The normalized spacial score (nSPS) is 14.0. The van der Waals surface area contributed by atoms with Gasteiger partial charge in [-0.1, -0.05) is 0 Å². The summed E-state index contributed by atoms with van der Waals surface area (Å²) in [7, 11) is 1.44. The second-order valence-corrected chi connectivity index (χ2v) is 5.17. The molecule has 0 saturated heterocycles. The third-order valence-corrected chi connectivity index (χ3v) is 3.62. The number of anilines is 1. The number of aliphatic carboxylic acids is 1. The van der Waals surface area contributed by atoms with E-state index in [9.17, 15) is 19.7 Å². The topological polar surface area (TPSA) is 145 Å². The van der Waals surface area contributed by atoms with Gasteiger partial charge in [0, 0.05) is 18.1 Å². The van der Waals surface area contributed by atoms with E-state index in [0.29, 0.717) is 17.7 Å². The summed E-state index contributed by atoms with van der Waals surface area (Å²) < 4.78 is 5.18. The average Bonchev–Trinajstić information content (AvgIpc) is 2.95. The number of carboxylic acid groups (broad SMARTS) is 1. The van der Waals surface area contributed by atoms with E-state index in [1.165, 1.54) is 19.2 Å². The molecule has 0 amide bonds. The molecule has 1 aliphatic heterocycles. The van der Waals surface area contributed by atoms with Crippen LogP contribution >= 0.6 is 0 Å². The molecule has 0 aliphatic carbocycles. The van der Waals surface area contributed by atoms with Crippen LogP contribution in [0, 0.1) is 10.1 Å². The van der Waals surface area contributed by atoms with Gasteiger partial charge in [-0.05, 0) is 18.9 Å². The van der Waals surface area contributed by atoms with Gasteiger partial charge in [-0.2, -0.15) is 5.06 Å². The van der Waals surface area contributed by atoms with Gasteiger partial charge in [-0.15, -0.1) is 0 Å². The summed E-state index contributed by atoms with van der Waals surface area (Å²) in [6, 6.07) is 1.63. The number of hydrogen-bond donors (Lipinski definition) is 2. The molecular formula is C14H17N3O7. The maximum Gasteiger partial charge on any atom is 0.348 e. The molecule has 24 heavy (non-hydrogen) atoms. The fraction of sp³-hybridized carbons (Fsp3) is 0.429. The molecule has 10 nitrogen and oxygen atoms in total. The second-order valence-electron chi connectivity index (χ2n) is 5.17. The summed E-state index contributed by atoms with van der Waals surface area (Å²) in [5.41, 5.74) is 6.10. The molecule has 0 bridgehead atoms. The van der Waals surface area contributed by atoms with Crippen LogP contribution in [-0.4, -0.2) is 41.7 Å². The first-order valence-corrected chi connectivity index (χ1v) is 7.16. The minimum atomic E-state index is -1.13. The summed E-state index contributed by atoms with van der Waals surface area (Å²) in [6.07, 6.45) is 0.0354. The predicted molar refractivity (Wildman–Crippen MR) is 81.6 cm³/mol. The summed E-state index contributed by atoms with van der Waals surface area (Å²) >= 11 is 0. The molecule has 130 valence electrons. The Morgan fingerprint density at radius 1 is 1.50 bits per heavy atom. The van der Waals surface area contributed by atoms with Crippen molar-refractivity contribution < 1.29 is 29.2 Å². The highest BCUT2D eigenvalue weighted by Gasteiger charge is 2.34. The van der Waals surface area contributed by atoms with Crippen molar-refractivity contribution in [1.82, 2.24) is 0 Å². The maximum absolute atomic E-state index is 12.0. The van der Waals surface area contributed by atoms with Crippen molar-refractivity contribution in [2.24, 2.45) is 5.73 Å². The van der Waals surface area contributed by atoms with Crippen molar-refractivity contribution >= 4 is 23.3 Å². The van der Waals surface area contributed by atoms with Crippen molar-refractivity contribution in [2.75, 3.05) is 18.7 Å². The zero-order valence-corrected chi connectivity index (χ0v) is 12.9. The third-order valence-electron chi connectivity index (χ3n) is 3.62. The van der Waals surface area contributed by atoms with Gasteiger partial charge in [0.25, 0.3) is 5.69 Å². The van der Waals surface area contributed by atoms with Gasteiger partial charge >= 0.3 is 11.9 Å². The monoisotopic (exact) mass is 339 g/mol. The number of hydrogen-bond acceptors (Lipinski definition) is 8. The maximum atomic E-state index is 12.0. The van der Waals surface area contributed by atoms with Crippen molar-refractivity contribution in [1.29, 1.82) is 0 Å². The Labute approximate surface area is 136 Å². The lowest BCUT2D eigenvalue weighted by Gasteiger charge is -2.20. The fourth-order valence-electron chi connectivity index (χ4n) is 2.45. The summed E-state index contributed by atoms with van der Waals surface area (Å²) in [5, 5.41) is 20.9. The predicted octanol–water partition coefficient (Wildman–Crippen LogP) is 0.616. The Hall–Kier alpha value is -2.88. The summed E-state index contributed by atoms with van der Waals surface area (Å²) in [6.45, 7) is 0.216. The Balaban J connectivity index is 2.20. The van der Waals surface area contributed by atoms with Gasteiger partial charge in [0.05, 0.1) is 18.6 Å². The van der Waals surface area contributed by atoms with Crippen molar-refractivity contribution in [3.05, 3.63) is 27.8 Å². The molecule has 1 aliphatic rings. The quantitative estimate of drug-likeness (QED) is 0.539. The molecule has 10 heteroatoms. The van der Waals surface area contributed by atoms with Crippen molar-refractivity contribution in [2.45, 2.75) is 25.3 Å². The van der Waals surface area contributed by atoms with E-state index in [0.717, 1.165) is 5.06 Å². The van der Waals surface area contributed by atoms with E-state index in [1.807, 2.05) is 0 Å². The number of carbonyl (C=O) groups is 2. The van der Waals surface area contributed by atoms with Crippen LogP contribution in [0.15, 0.2) is 12.1 Å².